The molecule has 0 saturated heterocycles. The van der Waals surface area contributed by atoms with Crippen molar-refractivity contribution in [3.05, 3.63) is 76.6 Å². The highest BCUT2D eigenvalue weighted by Gasteiger charge is 2.37. The number of fused-ring (bicyclic) bond motifs is 2. The van der Waals surface area contributed by atoms with Gasteiger partial charge in [0, 0.05) is 49.9 Å². The highest BCUT2D eigenvalue weighted by Crippen LogP contribution is 2.35. The fourth-order valence-electron chi connectivity index (χ4n) is 5.13. The first-order valence-electron chi connectivity index (χ1n) is 13.6. The molecule has 0 amide bonds. The van der Waals surface area contributed by atoms with Crippen molar-refractivity contribution in [1.82, 2.24) is 28.9 Å². The molecule has 5 rings (SSSR count). The maximum Gasteiger partial charge on any atom is 0.452 e. The zero-order chi connectivity index (χ0) is 31.6. The first kappa shape index (κ1) is 31.3. The smallest absolute Gasteiger partial charge is 0.452 e. The predicted molar refractivity (Wildman–Crippen MR) is 149 cm³/mol. The van der Waals surface area contributed by atoms with E-state index in [0.717, 1.165) is 10.6 Å². The molecule has 0 bridgehead atoms. The summed E-state index contributed by atoms with van der Waals surface area (Å²) in [5, 5.41) is 16.8. The highest BCUT2D eigenvalue weighted by atomic mass is 32.2. The molecule has 0 saturated carbocycles. The van der Waals surface area contributed by atoms with E-state index >= 15 is 0 Å². The summed E-state index contributed by atoms with van der Waals surface area (Å²) in [4.78, 5) is 20.4. The number of alkyl halides is 3. The third-order valence-corrected chi connectivity index (χ3v) is 9.21. The Hall–Kier alpha value is -4.15. The molecule has 1 N–H and O–H groups in total. The largest absolute Gasteiger partial charge is 0.481 e. The third kappa shape index (κ3) is 6.37. The van der Waals surface area contributed by atoms with Gasteiger partial charge in [-0.3, -0.25) is 14.2 Å². The summed E-state index contributed by atoms with van der Waals surface area (Å²) in [7, 11) is -4.10. The Morgan fingerprint density at radius 3 is 2.68 bits per heavy atom. The van der Waals surface area contributed by atoms with Crippen LogP contribution >= 0.6 is 0 Å². The molecule has 0 aromatic carbocycles. The summed E-state index contributed by atoms with van der Waals surface area (Å²) >= 11 is 0. The molecule has 0 fully saturated rings. The van der Waals surface area contributed by atoms with Gasteiger partial charge in [0.05, 0.1) is 13.0 Å². The van der Waals surface area contributed by atoms with Crippen LogP contribution in [0.5, 0.6) is 5.88 Å². The lowest BCUT2D eigenvalue weighted by Crippen LogP contribution is -2.33. The molecule has 0 aliphatic carbocycles. The molecule has 1 aliphatic rings. The van der Waals surface area contributed by atoms with E-state index in [4.69, 9.17) is 9.47 Å². The van der Waals surface area contributed by atoms with Gasteiger partial charge in [0.1, 0.15) is 11.5 Å². The van der Waals surface area contributed by atoms with E-state index in [2.05, 4.69) is 20.2 Å². The van der Waals surface area contributed by atoms with Crippen molar-refractivity contribution in [2.75, 3.05) is 26.4 Å². The molecular weight excluding hydrogens is 605 g/mol. The van der Waals surface area contributed by atoms with E-state index in [0.29, 0.717) is 41.0 Å². The van der Waals surface area contributed by atoms with E-state index in [1.807, 2.05) is 0 Å². The average molecular weight is 635 g/mol. The van der Waals surface area contributed by atoms with E-state index in [1.165, 1.54) is 34.9 Å². The van der Waals surface area contributed by atoms with Crippen molar-refractivity contribution in [3.63, 3.8) is 0 Å². The first-order valence-corrected chi connectivity index (χ1v) is 15.1. The molecule has 0 spiro atoms. The van der Waals surface area contributed by atoms with E-state index < -0.39 is 40.3 Å². The molecular formula is C28H29F3N6O6S. The summed E-state index contributed by atoms with van der Waals surface area (Å²) < 4.78 is 81.3. The number of carbonyl (C=O) groups is 1. The van der Waals surface area contributed by atoms with Crippen LogP contribution in [0, 0.1) is 13.8 Å². The zero-order valence-corrected chi connectivity index (χ0v) is 24.6. The van der Waals surface area contributed by atoms with Gasteiger partial charge in [-0.25, -0.2) is 13.4 Å². The van der Waals surface area contributed by atoms with Gasteiger partial charge < -0.3 is 14.6 Å². The summed E-state index contributed by atoms with van der Waals surface area (Å²) in [6, 6.07) is 6.02. The number of rotatable bonds is 6. The predicted octanol–water partition coefficient (Wildman–Crippen LogP) is 3.75. The van der Waals surface area contributed by atoms with Gasteiger partial charge in [0.15, 0.2) is 5.65 Å². The molecule has 4 aromatic rings. The second kappa shape index (κ2) is 12.5. The molecule has 1 atom stereocenters. The Kier molecular flexibility index (Phi) is 8.85. The molecule has 4 aromatic heterocycles. The number of aryl methyl sites for hydroxylation is 2. The van der Waals surface area contributed by atoms with Gasteiger partial charge in [0.25, 0.3) is 0 Å². The van der Waals surface area contributed by atoms with Crippen molar-refractivity contribution < 1.29 is 41.0 Å². The van der Waals surface area contributed by atoms with Crippen LogP contribution in [0.15, 0.2) is 47.8 Å². The van der Waals surface area contributed by atoms with Crippen LogP contribution in [-0.4, -0.2) is 74.7 Å². The van der Waals surface area contributed by atoms with Crippen LogP contribution < -0.4 is 4.74 Å². The number of sulfonamides is 1. The van der Waals surface area contributed by atoms with Crippen molar-refractivity contribution in [2.24, 2.45) is 0 Å². The number of aromatic nitrogens is 5. The van der Waals surface area contributed by atoms with Gasteiger partial charge in [-0.1, -0.05) is 6.07 Å². The van der Waals surface area contributed by atoms with Crippen LogP contribution in [0.2, 0.25) is 0 Å². The lowest BCUT2D eigenvalue weighted by molar-refractivity contribution is -0.145. The number of ether oxygens (including phenoxy) is 2. The molecule has 16 heteroatoms. The number of halogens is 3. The van der Waals surface area contributed by atoms with Crippen molar-refractivity contribution >= 4 is 21.6 Å². The van der Waals surface area contributed by atoms with Gasteiger partial charge in [-0.05, 0) is 60.7 Å². The third-order valence-electron chi connectivity index (χ3n) is 7.35. The minimum Gasteiger partial charge on any atom is -0.481 e. The van der Waals surface area contributed by atoms with E-state index in [9.17, 15) is 31.5 Å². The maximum atomic E-state index is 13.9. The minimum absolute atomic E-state index is 0.0406. The van der Waals surface area contributed by atoms with Crippen LogP contribution in [0.3, 0.4) is 0 Å². The summed E-state index contributed by atoms with van der Waals surface area (Å²) in [6.07, 6.45) is -0.653. The van der Waals surface area contributed by atoms with E-state index in [1.54, 1.807) is 19.9 Å². The van der Waals surface area contributed by atoms with Crippen molar-refractivity contribution in [2.45, 2.75) is 50.2 Å². The van der Waals surface area contributed by atoms with Crippen molar-refractivity contribution in [3.8, 4) is 5.88 Å². The number of pyridine rings is 3. The Morgan fingerprint density at radius 1 is 1.14 bits per heavy atom. The molecule has 12 nitrogen and oxygen atoms in total. The average Bonchev–Trinajstić information content (AvgIpc) is 3.41. The van der Waals surface area contributed by atoms with Gasteiger partial charge in [0.2, 0.25) is 21.7 Å². The Morgan fingerprint density at radius 2 is 1.93 bits per heavy atom. The lowest BCUT2D eigenvalue weighted by atomic mass is 9.86. The fourth-order valence-corrected chi connectivity index (χ4v) is 6.67. The van der Waals surface area contributed by atoms with Crippen LogP contribution in [0.4, 0.5) is 13.2 Å². The topological polar surface area (TPSA) is 149 Å². The fraction of sp³-hybridized carbons (Fsp3) is 0.393. The van der Waals surface area contributed by atoms with E-state index in [-0.39, 0.29) is 42.7 Å². The highest BCUT2D eigenvalue weighted by molar-refractivity contribution is 7.89. The number of aliphatic carboxylic acids is 1. The molecule has 44 heavy (non-hydrogen) atoms. The molecule has 0 unspecified atom stereocenters. The van der Waals surface area contributed by atoms with Crippen LogP contribution in [-0.2, 0) is 32.3 Å². The summed E-state index contributed by atoms with van der Waals surface area (Å²) in [5.41, 5.74) is 2.17. The van der Waals surface area contributed by atoms with Crippen LogP contribution in [0.25, 0.3) is 5.65 Å². The second-order valence-electron chi connectivity index (χ2n) is 10.2. The number of hydrogen-bond donors (Lipinski definition) is 1. The van der Waals surface area contributed by atoms with Crippen molar-refractivity contribution in [1.29, 1.82) is 0 Å². The first-order chi connectivity index (χ1) is 20.9. The number of carboxylic acid groups (broad SMARTS) is 1. The molecule has 0 radical (unpaired) electrons. The summed E-state index contributed by atoms with van der Waals surface area (Å²) in [6.45, 7) is 3.98. The SMILES string of the molecule is Cc1ncc([C@H](CC(=O)O)c2ccn3c(C(F)(F)F)nnc3c2C)cc1CN1CCCOCCOc2ncccc2S1(=O)=O. The molecule has 1 aliphatic heterocycles. The van der Waals surface area contributed by atoms with Crippen LogP contribution in [0.1, 0.15) is 52.5 Å². The molecule has 5 heterocycles. The number of nitrogens with zero attached hydrogens (tertiary/aromatic N) is 6. The Bertz CT molecular complexity index is 1800. The monoisotopic (exact) mass is 634 g/mol. The second-order valence-corrected chi connectivity index (χ2v) is 12.1. The van der Waals surface area contributed by atoms with Gasteiger partial charge >= 0.3 is 12.1 Å². The quantitative estimate of drug-likeness (QED) is 0.332. The standard InChI is InChI=1S/C28H29F3N6O6S/c1-17-21(6-9-37-25(17)34-35-27(37)28(29,30)31)22(14-24(38)39)19-13-20(18(2)33-15-19)16-36-8-4-10-42-11-12-43-26-23(44(36,40)41)5-3-7-32-26/h3,5-7,9,13,15,22H,4,8,10-12,14,16H2,1-2H3,(H,38,39)/t22-/m0/s1. The number of carboxylic acids is 1. The Balaban J connectivity index is 1.55. The normalized spacial score (nSPS) is 16.9. The van der Waals surface area contributed by atoms with Gasteiger partial charge in [-0.2, -0.15) is 17.5 Å². The van der Waals surface area contributed by atoms with Gasteiger partial charge in [-0.15, -0.1) is 10.2 Å². The maximum absolute atomic E-state index is 13.9. The molecule has 234 valence electrons. The lowest BCUT2D eigenvalue weighted by Gasteiger charge is -2.24. The zero-order valence-electron chi connectivity index (χ0n) is 23.8. The Labute approximate surface area is 250 Å². The summed E-state index contributed by atoms with van der Waals surface area (Å²) in [5.74, 6) is -3.21. The minimum atomic E-state index is -4.73. The number of hydrogen-bond acceptors (Lipinski definition) is 9.